The lowest BCUT2D eigenvalue weighted by molar-refractivity contribution is -0.136. The van der Waals surface area contributed by atoms with Crippen LogP contribution in [0.2, 0.25) is 5.02 Å². The molecule has 6 heteroatoms. The van der Waals surface area contributed by atoms with Gasteiger partial charge in [-0.15, -0.1) is 0 Å². The minimum atomic E-state index is -0.853. The van der Waals surface area contributed by atoms with Gasteiger partial charge in [0.2, 0.25) is 0 Å². The number of benzene rings is 2. The number of halogens is 1. The van der Waals surface area contributed by atoms with Crippen LogP contribution in [0.1, 0.15) is 16.7 Å². The van der Waals surface area contributed by atoms with Crippen LogP contribution < -0.4 is 10.7 Å². The Kier molecular flexibility index (Phi) is 5.49. The van der Waals surface area contributed by atoms with Crippen molar-refractivity contribution in [1.82, 2.24) is 5.43 Å². The fourth-order valence-corrected chi connectivity index (χ4v) is 2.11. The van der Waals surface area contributed by atoms with Gasteiger partial charge in [-0.05, 0) is 31.5 Å². The molecule has 0 aromatic heterocycles. The maximum atomic E-state index is 11.8. The zero-order valence-corrected chi connectivity index (χ0v) is 13.5. The van der Waals surface area contributed by atoms with Crippen molar-refractivity contribution in [1.29, 1.82) is 0 Å². The van der Waals surface area contributed by atoms with Crippen LogP contribution in [-0.2, 0) is 9.59 Å². The molecule has 0 fully saturated rings. The van der Waals surface area contributed by atoms with Crippen molar-refractivity contribution in [2.75, 3.05) is 5.32 Å². The van der Waals surface area contributed by atoms with Crippen LogP contribution in [0, 0.1) is 13.8 Å². The largest absolute Gasteiger partial charge is 0.329 e. The molecule has 0 unspecified atom stereocenters. The first-order valence-corrected chi connectivity index (χ1v) is 7.31. The van der Waals surface area contributed by atoms with Crippen LogP contribution in [0.25, 0.3) is 0 Å². The second-order valence-corrected chi connectivity index (χ2v) is 5.40. The summed E-state index contributed by atoms with van der Waals surface area (Å²) in [5.41, 5.74) is 5.36. The number of carbonyl (C=O) groups excluding carboxylic acids is 2. The average molecular weight is 330 g/mol. The van der Waals surface area contributed by atoms with Gasteiger partial charge in [0, 0.05) is 16.3 Å². The molecule has 2 amide bonds. The lowest BCUT2D eigenvalue weighted by atomic mass is 10.1. The van der Waals surface area contributed by atoms with Crippen LogP contribution in [0.5, 0.6) is 0 Å². The predicted octanol–water partition coefficient (Wildman–Crippen LogP) is 3.05. The van der Waals surface area contributed by atoms with Crippen LogP contribution in [0.3, 0.4) is 0 Å². The Hall–Kier alpha value is -2.66. The number of carbonyl (C=O) groups is 2. The number of rotatable bonds is 3. The first-order chi connectivity index (χ1) is 11.0. The van der Waals surface area contributed by atoms with Gasteiger partial charge in [0.05, 0.1) is 6.21 Å². The molecule has 0 atom stereocenters. The molecule has 0 aliphatic carbocycles. The van der Waals surface area contributed by atoms with Crippen molar-refractivity contribution in [3.63, 3.8) is 0 Å². The first kappa shape index (κ1) is 16.7. The summed E-state index contributed by atoms with van der Waals surface area (Å²) >= 11 is 5.96. The Bertz CT molecular complexity index is 772. The Morgan fingerprint density at radius 1 is 1.09 bits per heavy atom. The predicted molar refractivity (Wildman–Crippen MR) is 91.7 cm³/mol. The van der Waals surface area contributed by atoms with E-state index >= 15 is 0 Å². The summed E-state index contributed by atoms with van der Waals surface area (Å²) in [6.07, 6.45) is 1.38. The van der Waals surface area contributed by atoms with Crippen LogP contribution in [0.15, 0.2) is 47.6 Å². The Labute approximate surface area is 139 Å². The maximum absolute atomic E-state index is 11.8. The van der Waals surface area contributed by atoms with E-state index < -0.39 is 11.8 Å². The third kappa shape index (κ3) is 4.66. The summed E-state index contributed by atoms with van der Waals surface area (Å²) in [7, 11) is 0. The van der Waals surface area contributed by atoms with Gasteiger partial charge < -0.3 is 5.32 Å². The summed E-state index contributed by atoms with van der Waals surface area (Å²) in [4.78, 5) is 23.6. The first-order valence-electron chi connectivity index (χ1n) is 6.93. The molecule has 0 bridgehead atoms. The highest BCUT2D eigenvalue weighted by molar-refractivity contribution is 6.39. The van der Waals surface area contributed by atoms with E-state index in [-0.39, 0.29) is 0 Å². The van der Waals surface area contributed by atoms with Crippen LogP contribution >= 0.6 is 11.6 Å². The molecule has 0 aliphatic heterocycles. The monoisotopic (exact) mass is 329 g/mol. The van der Waals surface area contributed by atoms with Crippen molar-refractivity contribution in [3.8, 4) is 0 Å². The van der Waals surface area contributed by atoms with E-state index in [4.69, 9.17) is 11.6 Å². The van der Waals surface area contributed by atoms with Crippen molar-refractivity contribution < 1.29 is 9.59 Å². The number of hydrogen-bond donors (Lipinski definition) is 2. The van der Waals surface area contributed by atoms with Gasteiger partial charge >= 0.3 is 11.8 Å². The minimum Gasteiger partial charge on any atom is -0.317 e. The van der Waals surface area contributed by atoms with Crippen LogP contribution in [-0.4, -0.2) is 18.0 Å². The van der Waals surface area contributed by atoms with E-state index in [0.29, 0.717) is 16.3 Å². The number of hydrogen-bond acceptors (Lipinski definition) is 3. The highest BCUT2D eigenvalue weighted by Crippen LogP contribution is 2.15. The van der Waals surface area contributed by atoms with Gasteiger partial charge in [0.15, 0.2) is 0 Å². The molecule has 23 heavy (non-hydrogen) atoms. The normalized spacial score (nSPS) is 10.6. The highest BCUT2D eigenvalue weighted by atomic mass is 35.5. The van der Waals surface area contributed by atoms with Gasteiger partial charge in [-0.25, -0.2) is 5.43 Å². The number of aryl methyl sites for hydroxylation is 2. The third-order valence-corrected chi connectivity index (χ3v) is 3.46. The third-order valence-electron chi connectivity index (χ3n) is 3.11. The number of anilines is 1. The lowest BCUT2D eigenvalue weighted by Gasteiger charge is -2.08. The average Bonchev–Trinajstić information content (AvgIpc) is 2.51. The van der Waals surface area contributed by atoms with E-state index in [9.17, 15) is 9.59 Å². The van der Waals surface area contributed by atoms with Crippen molar-refractivity contribution >= 4 is 35.3 Å². The van der Waals surface area contributed by atoms with E-state index in [1.807, 2.05) is 26.0 Å². The van der Waals surface area contributed by atoms with E-state index in [2.05, 4.69) is 15.8 Å². The summed E-state index contributed by atoms with van der Waals surface area (Å²) < 4.78 is 0. The molecular weight excluding hydrogens is 314 g/mol. The quantitative estimate of drug-likeness (QED) is 0.516. The molecule has 2 rings (SSSR count). The number of amides is 2. The van der Waals surface area contributed by atoms with Crippen molar-refractivity contribution in [3.05, 3.63) is 64.2 Å². The van der Waals surface area contributed by atoms with Crippen LogP contribution in [0.4, 0.5) is 5.69 Å². The van der Waals surface area contributed by atoms with E-state index in [1.54, 1.807) is 30.3 Å². The molecule has 0 saturated carbocycles. The molecule has 0 heterocycles. The SMILES string of the molecule is Cc1ccc(NC(=O)C(=O)N/N=C/c2ccccc2Cl)c(C)c1. The number of nitrogens with one attached hydrogen (secondary N) is 2. The summed E-state index contributed by atoms with van der Waals surface area (Å²) in [5.74, 6) is -1.64. The van der Waals surface area contributed by atoms with E-state index in [0.717, 1.165) is 11.1 Å². The maximum Gasteiger partial charge on any atom is 0.329 e. The molecule has 0 radical (unpaired) electrons. The molecule has 5 nitrogen and oxygen atoms in total. The van der Waals surface area contributed by atoms with Gasteiger partial charge in [0.1, 0.15) is 0 Å². The number of hydrazone groups is 1. The summed E-state index contributed by atoms with van der Waals surface area (Å²) in [5, 5.41) is 6.78. The van der Waals surface area contributed by atoms with Crippen molar-refractivity contribution in [2.45, 2.75) is 13.8 Å². The lowest BCUT2D eigenvalue weighted by Crippen LogP contribution is -2.32. The Morgan fingerprint density at radius 3 is 2.52 bits per heavy atom. The van der Waals surface area contributed by atoms with E-state index in [1.165, 1.54) is 6.21 Å². The molecular formula is C17H16ClN3O2. The molecule has 118 valence electrons. The molecule has 0 aliphatic rings. The van der Waals surface area contributed by atoms with Gasteiger partial charge in [-0.2, -0.15) is 5.10 Å². The number of nitrogens with zero attached hydrogens (tertiary/aromatic N) is 1. The fourth-order valence-electron chi connectivity index (χ4n) is 1.92. The highest BCUT2D eigenvalue weighted by Gasteiger charge is 2.13. The smallest absolute Gasteiger partial charge is 0.317 e. The molecule has 2 aromatic rings. The second-order valence-electron chi connectivity index (χ2n) is 4.99. The molecule has 0 saturated heterocycles. The second kappa shape index (κ2) is 7.56. The zero-order valence-electron chi connectivity index (χ0n) is 12.8. The topological polar surface area (TPSA) is 70.6 Å². The Morgan fingerprint density at radius 2 is 1.83 bits per heavy atom. The summed E-state index contributed by atoms with van der Waals surface area (Å²) in [6.45, 7) is 3.81. The standard InChI is InChI=1S/C17H16ClN3O2/c1-11-7-8-15(12(2)9-11)20-16(22)17(23)21-19-10-13-5-3-4-6-14(13)18/h3-10H,1-2H3,(H,20,22)(H,21,23)/b19-10+. The van der Waals surface area contributed by atoms with Gasteiger partial charge in [-0.3, -0.25) is 9.59 Å². The van der Waals surface area contributed by atoms with Gasteiger partial charge in [-0.1, -0.05) is 47.5 Å². The fraction of sp³-hybridized carbons (Fsp3) is 0.118. The zero-order chi connectivity index (χ0) is 16.8. The minimum absolute atomic E-state index is 0.505. The molecule has 2 aromatic carbocycles. The molecule has 0 spiro atoms. The van der Waals surface area contributed by atoms with Crippen molar-refractivity contribution in [2.24, 2.45) is 5.10 Å². The Balaban J connectivity index is 1.95. The molecule has 2 N–H and O–H groups in total. The summed E-state index contributed by atoms with van der Waals surface area (Å²) in [6, 6.07) is 12.6. The van der Waals surface area contributed by atoms with Gasteiger partial charge in [0.25, 0.3) is 0 Å².